The highest BCUT2D eigenvalue weighted by Crippen LogP contribution is 2.12. The first-order valence-electron chi connectivity index (χ1n) is 10.6. The monoisotopic (exact) mass is 373 g/mol. The minimum Gasteiger partial charge on any atom is -0.544 e. The zero-order valence-electron chi connectivity index (χ0n) is 17.5. The van der Waals surface area contributed by atoms with Crippen molar-refractivity contribution in [3.63, 3.8) is 0 Å². The van der Waals surface area contributed by atoms with Gasteiger partial charge in [0.25, 0.3) is 0 Å². The first-order valence-corrected chi connectivity index (χ1v) is 10.6. The summed E-state index contributed by atoms with van der Waals surface area (Å²) in [5, 5.41) is 20.6. The van der Waals surface area contributed by atoms with Gasteiger partial charge in [-0.05, 0) is 6.42 Å². The van der Waals surface area contributed by atoms with E-state index in [9.17, 15) is 15.0 Å². The van der Waals surface area contributed by atoms with Crippen LogP contribution >= 0.6 is 0 Å². The Hall–Kier alpha value is -0.650. The Labute approximate surface area is 161 Å². The van der Waals surface area contributed by atoms with Crippen molar-refractivity contribution in [2.45, 2.75) is 90.1 Å². The van der Waals surface area contributed by atoms with Gasteiger partial charge in [0.1, 0.15) is 19.2 Å². The summed E-state index contributed by atoms with van der Waals surface area (Å²) < 4.78 is 5.71. The smallest absolute Gasteiger partial charge is 0.126 e. The van der Waals surface area contributed by atoms with Gasteiger partial charge in [0, 0.05) is 6.61 Å². The SMILES string of the molecule is CCCCCCCCCCCCCCOCC(O)C[N+](C)(C)CC(=O)[O-]. The number of hydrogen-bond acceptors (Lipinski definition) is 4. The van der Waals surface area contributed by atoms with Crippen LogP contribution in [0.2, 0.25) is 0 Å². The van der Waals surface area contributed by atoms with Crippen LogP contribution in [0.1, 0.15) is 84.0 Å². The van der Waals surface area contributed by atoms with Gasteiger partial charge in [-0.1, -0.05) is 77.6 Å². The number of carboxylic acids is 1. The fourth-order valence-electron chi connectivity index (χ4n) is 3.30. The fourth-order valence-corrected chi connectivity index (χ4v) is 3.30. The summed E-state index contributed by atoms with van der Waals surface area (Å²) in [5.74, 6) is -1.10. The zero-order valence-corrected chi connectivity index (χ0v) is 17.5. The fraction of sp³-hybridized carbons (Fsp3) is 0.952. The van der Waals surface area contributed by atoms with Crippen LogP contribution < -0.4 is 5.11 Å². The molecule has 26 heavy (non-hydrogen) atoms. The van der Waals surface area contributed by atoms with Gasteiger partial charge in [0.2, 0.25) is 0 Å². The van der Waals surface area contributed by atoms with Crippen molar-refractivity contribution in [1.82, 2.24) is 0 Å². The number of unbranched alkanes of at least 4 members (excludes halogenated alkanes) is 11. The molecule has 0 amide bonds. The number of aliphatic carboxylic acids is 1. The maximum Gasteiger partial charge on any atom is 0.126 e. The van der Waals surface area contributed by atoms with Crippen molar-refractivity contribution in [3.05, 3.63) is 0 Å². The topological polar surface area (TPSA) is 69.6 Å². The molecule has 0 saturated heterocycles. The van der Waals surface area contributed by atoms with Gasteiger partial charge in [-0.3, -0.25) is 0 Å². The summed E-state index contributed by atoms with van der Waals surface area (Å²) in [6.07, 6.45) is 15.2. The second-order valence-corrected chi connectivity index (χ2v) is 8.27. The Balaban J connectivity index is 3.34. The number of rotatable bonds is 19. The molecule has 0 radical (unpaired) electrons. The summed E-state index contributed by atoms with van der Waals surface area (Å²) in [7, 11) is 3.54. The van der Waals surface area contributed by atoms with Crippen LogP contribution in [-0.4, -0.2) is 62.1 Å². The van der Waals surface area contributed by atoms with Gasteiger partial charge < -0.3 is 24.2 Å². The maximum atomic E-state index is 10.7. The minimum atomic E-state index is -1.10. The summed E-state index contributed by atoms with van der Waals surface area (Å²) in [4.78, 5) is 10.7. The molecular formula is C21H43NO4. The lowest BCUT2D eigenvalue weighted by Gasteiger charge is -2.31. The predicted molar refractivity (Wildman–Crippen MR) is 105 cm³/mol. The molecule has 5 nitrogen and oxygen atoms in total. The van der Waals surface area contributed by atoms with Crippen LogP contribution in [0.5, 0.6) is 0 Å². The summed E-state index contributed by atoms with van der Waals surface area (Å²) in [6.45, 7) is 3.45. The van der Waals surface area contributed by atoms with E-state index in [0.717, 1.165) is 6.42 Å². The number of carbonyl (C=O) groups excluding carboxylic acids is 1. The van der Waals surface area contributed by atoms with Crippen molar-refractivity contribution in [2.24, 2.45) is 0 Å². The lowest BCUT2D eigenvalue weighted by Crippen LogP contribution is -2.52. The highest BCUT2D eigenvalue weighted by molar-refractivity contribution is 5.65. The molecule has 0 spiro atoms. The summed E-state index contributed by atoms with van der Waals surface area (Å²) in [5.41, 5.74) is 0. The first-order chi connectivity index (χ1) is 12.4. The molecule has 0 aromatic rings. The van der Waals surface area contributed by atoms with Crippen LogP contribution in [0, 0.1) is 0 Å². The number of carbonyl (C=O) groups is 1. The zero-order chi connectivity index (χ0) is 19.7. The second-order valence-electron chi connectivity index (χ2n) is 8.27. The van der Waals surface area contributed by atoms with Gasteiger partial charge in [0.15, 0.2) is 0 Å². The average molecular weight is 374 g/mol. The third-order valence-electron chi connectivity index (χ3n) is 4.71. The number of quaternary nitrogens is 1. The van der Waals surface area contributed by atoms with E-state index in [4.69, 9.17) is 4.74 Å². The first kappa shape index (κ1) is 25.4. The number of aliphatic hydroxyl groups is 1. The van der Waals surface area contributed by atoms with E-state index in [1.54, 1.807) is 14.1 Å². The lowest BCUT2D eigenvalue weighted by molar-refractivity contribution is -0.887. The van der Waals surface area contributed by atoms with E-state index in [2.05, 4.69) is 6.92 Å². The highest BCUT2D eigenvalue weighted by atomic mass is 16.5. The van der Waals surface area contributed by atoms with Gasteiger partial charge in [-0.2, -0.15) is 0 Å². The van der Waals surface area contributed by atoms with Gasteiger partial charge in [0.05, 0.1) is 26.7 Å². The highest BCUT2D eigenvalue weighted by Gasteiger charge is 2.20. The van der Waals surface area contributed by atoms with E-state index in [1.165, 1.54) is 70.6 Å². The molecule has 0 rings (SSSR count). The van der Waals surface area contributed by atoms with Crippen LogP contribution in [-0.2, 0) is 9.53 Å². The molecule has 0 bridgehead atoms. The Bertz CT molecular complexity index is 334. The van der Waals surface area contributed by atoms with Crippen LogP contribution in [0.15, 0.2) is 0 Å². The third-order valence-corrected chi connectivity index (χ3v) is 4.71. The van der Waals surface area contributed by atoms with E-state index in [-0.39, 0.29) is 17.6 Å². The van der Waals surface area contributed by atoms with Crippen molar-refractivity contribution in [1.29, 1.82) is 0 Å². The molecule has 0 saturated carbocycles. The van der Waals surface area contributed by atoms with Crippen molar-refractivity contribution in [3.8, 4) is 0 Å². The van der Waals surface area contributed by atoms with E-state index in [0.29, 0.717) is 13.2 Å². The Morgan fingerprint density at radius 1 is 0.923 bits per heavy atom. The molecule has 0 heterocycles. The molecule has 0 aliphatic rings. The standard InChI is InChI=1S/C21H43NO4/c1-4-5-6-7-8-9-10-11-12-13-14-15-16-26-19-20(23)17-22(2,3)18-21(24)25/h20,23H,4-19H2,1-3H3. The maximum absolute atomic E-state index is 10.7. The van der Waals surface area contributed by atoms with Crippen molar-refractivity contribution >= 4 is 5.97 Å². The minimum absolute atomic E-state index is 0.101. The van der Waals surface area contributed by atoms with Gasteiger partial charge in [-0.15, -0.1) is 0 Å². The van der Waals surface area contributed by atoms with Crippen LogP contribution in [0.3, 0.4) is 0 Å². The van der Waals surface area contributed by atoms with Crippen molar-refractivity contribution in [2.75, 3.05) is 40.4 Å². The number of carboxylic acid groups (broad SMARTS) is 1. The molecule has 0 aliphatic carbocycles. The molecule has 0 aromatic carbocycles. The normalized spacial score (nSPS) is 13.1. The third kappa shape index (κ3) is 18.2. The van der Waals surface area contributed by atoms with E-state index in [1.807, 2.05) is 0 Å². The number of ether oxygens (including phenoxy) is 1. The molecule has 0 aliphatic heterocycles. The predicted octanol–water partition coefficient (Wildman–Crippen LogP) is 2.89. The molecule has 1 atom stereocenters. The molecule has 1 N–H and O–H groups in total. The molecule has 0 fully saturated rings. The number of nitrogens with zero attached hydrogens (tertiary/aromatic N) is 1. The summed E-state index contributed by atoms with van der Waals surface area (Å²) in [6, 6.07) is 0. The van der Waals surface area contributed by atoms with Gasteiger partial charge in [-0.25, -0.2) is 0 Å². The molecular weight excluding hydrogens is 330 g/mol. The van der Waals surface area contributed by atoms with E-state index >= 15 is 0 Å². The number of likely N-dealkylation sites (N-methyl/N-ethyl adjacent to an activating group) is 1. The Kier molecular flexibility index (Phi) is 16.1. The largest absolute Gasteiger partial charge is 0.544 e. The quantitative estimate of drug-likeness (QED) is 0.279. The second kappa shape index (κ2) is 16.5. The van der Waals surface area contributed by atoms with Gasteiger partial charge >= 0.3 is 0 Å². The molecule has 5 heteroatoms. The molecule has 0 aromatic heterocycles. The van der Waals surface area contributed by atoms with Crippen LogP contribution in [0.25, 0.3) is 0 Å². The van der Waals surface area contributed by atoms with E-state index < -0.39 is 12.1 Å². The number of hydrogen-bond donors (Lipinski definition) is 1. The Morgan fingerprint density at radius 3 is 1.85 bits per heavy atom. The lowest BCUT2D eigenvalue weighted by atomic mass is 10.1. The average Bonchev–Trinajstić information content (AvgIpc) is 2.53. The molecule has 1 unspecified atom stereocenters. The Morgan fingerprint density at radius 2 is 1.38 bits per heavy atom. The van der Waals surface area contributed by atoms with Crippen molar-refractivity contribution < 1.29 is 24.2 Å². The molecule has 156 valence electrons. The number of aliphatic hydroxyl groups excluding tert-OH is 1. The van der Waals surface area contributed by atoms with Crippen LogP contribution in [0.4, 0.5) is 0 Å². The summed E-state index contributed by atoms with van der Waals surface area (Å²) >= 11 is 0.